The fraction of sp³-hybridized carbons (Fsp3) is 0.944. The van der Waals surface area contributed by atoms with Crippen molar-refractivity contribution in [2.24, 2.45) is 17.3 Å². The number of hydrogen-bond acceptors (Lipinski definition) is 2. The lowest BCUT2D eigenvalue weighted by atomic mass is 9.75. The van der Waals surface area contributed by atoms with Crippen LogP contribution in [0.15, 0.2) is 0 Å². The molecule has 2 fully saturated rings. The molecule has 1 heterocycles. The Morgan fingerprint density at radius 3 is 2.24 bits per heavy atom. The summed E-state index contributed by atoms with van der Waals surface area (Å²) >= 11 is 0. The molecule has 1 saturated heterocycles. The molecular weight excluding hydrogens is 260 g/mol. The Kier molecular flexibility index (Phi) is 5.02. The van der Waals surface area contributed by atoms with E-state index in [1.807, 2.05) is 0 Å². The van der Waals surface area contributed by atoms with Crippen molar-refractivity contribution in [2.75, 3.05) is 0 Å². The summed E-state index contributed by atoms with van der Waals surface area (Å²) in [6, 6.07) is 0.481. The van der Waals surface area contributed by atoms with Gasteiger partial charge >= 0.3 is 0 Å². The van der Waals surface area contributed by atoms with E-state index in [4.69, 9.17) is 0 Å². The van der Waals surface area contributed by atoms with E-state index in [9.17, 15) is 4.79 Å². The predicted molar refractivity (Wildman–Crippen MR) is 87.9 cm³/mol. The molecule has 122 valence electrons. The van der Waals surface area contributed by atoms with Crippen LogP contribution in [0.1, 0.15) is 73.6 Å². The van der Waals surface area contributed by atoms with Crippen LogP contribution in [-0.2, 0) is 4.79 Å². The van der Waals surface area contributed by atoms with Crippen molar-refractivity contribution >= 4 is 5.91 Å². The Balaban J connectivity index is 2.10. The lowest BCUT2D eigenvalue weighted by Crippen LogP contribution is -2.49. The van der Waals surface area contributed by atoms with Crippen molar-refractivity contribution < 1.29 is 4.79 Å². The molecular formula is C18H34N2O. The van der Waals surface area contributed by atoms with Crippen molar-refractivity contribution in [3.05, 3.63) is 0 Å². The third kappa shape index (κ3) is 3.80. The zero-order valence-electron chi connectivity index (χ0n) is 14.8. The highest BCUT2D eigenvalue weighted by Crippen LogP contribution is 2.39. The normalized spacial score (nSPS) is 30.7. The molecule has 1 N–H and O–H groups in total. The first-order valence-corrected chi connectivity index (χ1v) is 8.79. The molecule has 1 saturated carbocycles. The highest BCUT2D eigenvalue weighted by Gasteiger charge is 2.44. The van der Waals surface area contributed by atoms with Crippen LogP contribution in [0.3, 0.4) is 0 Å². The van der Waals surface area contributed by atoms with Gasteiger partial charge < -0.3 is 4.90 Å². The number of nitrogens with one attached hydrogen (secondary N) is 1. The van der Waals surface area contributed by atoms with Gasteiger partial charge in [-0.1, -0.05) is 41.5 Å². The first-order valence-electron chi connectivity index (χ1n) is 8.79. The number of carbonyl (C=O) groups excluding carboxylic acids is 1. The summed E-state index contributed by atoms with van der Waals surface area (Å²) in [6.07, 6.45) is 5.99. The average Bonchev–Trinajstić information content (AvgIpc) is 2.67. The van der Waals surface area contributed by atoms with E-state index in [2.05, 4.69) is 51.8 Å². The van der Waals surface area contributed by atoms with Gasteiger partial charge in [-0.3, -0.25) is 10.1 Å². The first kappa shape index (κ1) is 16.8. The van der Waals surface area contributed by atoms with Crippen molar-refractivity contribution in [3.63, 3.8) is 0 Å². The van der Waals surface area contributed by atoms with E-state index in [-0.39, 0.29) is 12.2 Å². The van der Waals surface area contributed by atoms with Crippen LogP contribution in [0, 0.1) is 17.3 Å². The standard InChI is InChI=1S/C18H34N2O/c1-12(2)11-15-17(21)20(16(19-15)13(3)4)14-7-9-18(5,6)10-8-14/h12-16,19H,7-11H2,1-6H3. The Hall–Kier alpha value is -0.570. The van der Waals surface area contributed by atoms with Crippen molar-refractivity contribution in [1.82, 2.24) is 10.2 Å². The van der Waals surface area contributed by atoms with Gasteiger partial charge in [0.2, 0.25) is 5.91 Å². The minimum Gasteiger partial charge on any atom is -0.323 e. The molecule has 0 bridgehead atoms. The van der Waals surface area contributed by atoms with Crippen LogP contribution in [0.2, 0.25) is 0 Å². The van der Waals surface area contributed by atoms with Crippen molar-refractivity contribution in [3.8, 4) is 0 Å². The van der Waals surface area contributed by atoms with Gasteiger partial charge in [-0.15, -0.1) is 0 Å². The summed E-state index contributed by atoms with van der Waals surface area (Å²) in [5.74, 6) is 1.39. The smallest absolute Gasteiger partial charge is 0.241 e. The van der Waals surface area contributed by atoms with Crippen LogP contribution in [-0.4, -0.2) is 29.1 Å². The minimum atomic E-state index is 0.0346. The minimum absolute atomic E-state index is 0.0346. The molecule has 1 amide bonds. The summed E-state index contributed by atoms with van der Waals surface area (Å²) in [4.78, 5) is 15.1. The Bertz CT molecular complexity index is 365. The summed E-state index contributed by atoms with van der Waals surface area (Å²) in [5.41, 5.74) is 0.456. The number of hydrogen-bond donors (Lipinski definition) is 1. The molecule has 3 heteroatoms. The van der Waals surface area contributed by atoms with Gasteiger partial charge in [0.15, 0.2) is 0 Å². The second-order valence-electron chi connectivity index (χ2n) is 8.68. The Morgan fingerprint density at radius 1 is 1.19 bits per heavy atom. The maximum absolute atomic E-state index is 12.9. The van der Waals surface area contributed by atoms with Crippen LogP contribution in [0.5, 0.6) is 0 Å². The summed E-state index contributed by atoms with van der Waals surface area (Å²) in [6.45, 7) is 13.6. The molecule has 3 nitrogen and oxygen atoms in total. The van der Waals surface area contributed by atoms with Gasteiger partial charge in [0.05, 0.1) is 12.2 Å². The largest absolute Gasteiger partial charge is 0.323 e. The van der Waals surface area contributed by atoms with Crippen LogP contribution in [0.4, 0.5) is 0 Å². The number of nitrogens with zero attached hydrogens (tertiary/aromatic N) is 1. The van der Waals surface area contributed by atoms with Crippen molar-refractivity contribution in [2.45, 2.75) is 91.9 Å². The van der Waals surface area contributed by atoms with Gasteiger partial charge in [0.25, 0.3) is 0 Å². The lowest BCUT2D eigenvalue weighted by Gasteiger charge is -2.41. The number of rotatable bonds is 4. The van der Waals surface area contributed by atoms with Gasteiger partial charge in [-0.25, -0.2) is 0 Å². The molecule has 0 radical (unpaired) electrons. The number of amides is 1. The molecule has 2 rings (SSSR count). The summed E-state index contributed by atoms with van der Waals surface area (Å²) < 4.78 is 0. The van der Waals surface area contributed by atoms with Crippen LogP contribution < -0.4 is 5.32 Å². The third-order valence-corrected chi connectivity index (χ3v) is 5.26. The molecule has 2 aliphatic rings. The lowest BCUT2D eigenvalue weighted by molar-refractivity contribution is -0.134. The fourth-order valence-electron chi connectivity index (χ4n) is 3.90. The topological polar surface area (TPSA) is 32.3 Å². The Morgan fingerprint density at radius 2 is 1.76 bits per heavy atom. The maximum Gasteiger partial charge on any atom is 0.241 e. The third-order valence-electron chi connectivity index (χ3n) is 5.26. The zero-order valence-corrected chi connectivity index (χ0v) is 14.8. The molecule has 21 heavy (non-hydrogen) atoms. The molecule has 0 aromatic heterocycles. The summed E-state index contributed by atoms with van der Waals surface area (Å²) in [7, 11) is 0. The van der Waals surface area contributed by atoms with E-state index in [1.54, 1.807) is 0 Å². The van der Waals surface area contributed by atoms with Crippen LogP contribution in [0.25, 0.3) is 0 Å². The molecule has 0 aromatic carbocycles. The maximum atomic E-state index is 12.9. The Labute approximate surface area is 130 Å². The molecule has 0 aromatic rings. The quantitative estimate of drug-likeness (QED) is 0.855. The molecule has 1 aliphatic heterocycles. The molecule has 2 unspecified atom stereocenters. The van der Waals surface area contributed by atoms with Gasteiger partial charge in [0.1, 0.15) is 0 Å². The monoisotopic (exact) mass is 294 g/mol. The molecule has 0 spiro atoms. The first-order chi connectivity index (χ1) is 9.71. The van der Waals surface area contributed by atoms with Gasteiger partial charge in [-0.2, -0.15) is 0 Å². The number of carbonyl (C=O) groups is 1. The average molecular weight is 294 g/mol. The fourth-order valence-corrected chi connectivity index (χ4v) is 3.90. The zero-order chi connectivity index (χ0) is 15.8. The molecule has 2 atom stereocenters. The molecule has 1 aliphatic carbocycles. The van der Waals surface area contributed by atoms with Gasteiger partial charge in [-0.05, 0) is 49.4 Å². The van der Waals surface area contributed by atoms with E-state index in [1.165, 1.54) is 12.8 Å². The highest BCUT2D eigenvalue weighted by atomic mass is 16.2. The highest BCUT2D eigenvalue weighted by molar-refractivity contribution is 5.84. The van der Waals surface area contributed by atoms with E-state index in [0.29, 0.717) is 29.2 Å². The van der Waals surface area contributed by atoms with E-state index < -0.39 is 0 Å². The second-order valence-corrected chi connectivity index (χ2v) is 8.68. The van der Waals surface area contributed by atoms with Crippen LogP contribution >= 0.6 is 0 Å². The SMILES string of the molecule is CC(C)CC1NC(C(C)C)N(C2CCC(C)(C)CC2)C1=O. The summed E-state index contributed by atoms with van der Waals surface area (Å²) in [5, 5.41) is 3.62. The predicted octanol–water partition coefficient (Wildman–Crippen LogP) is 3.78. The van der Waals surface area contributed by atoms with E-state index in [0.717, 1.165) is 19.3 Å². The van der Waals surface area contributed by atoms with Crippen molar-refractivity contribution in [1.29, 1.82) is 0 Å². The van der Waals surface area contributed by atoms with E-state index >= 15 is 0 Å². The van der Waals surface area contributed by atoms with Gasteiger partial charge in [0, 0.05) is 6.04 Å². The second kappa shape index (κ2) is 6.28.